The van der Waals surface area contributed by atoms with Gasteiger partial charge in [-0.05, 0) is 75.5 Å². The van der Waals surface area contributed by atoms with Crippen LogP contribution >= 0.6 is 0 Å². The van der Waals surface area contributed by atoms with Crippen molar-refractivity contribution in [2.45, 2.75) is 77.3 Å². The van der Waals surface area contributed by atoms with Crippen LogP contribution in [0.25, 0.3) is 11.0 Å². The maximum atomic E-state index is 12.9. The molecule has 27 heavy (non-hydrogen) atoms. The molecule has 0 unspecified atom stereocenters. The van der Waals surface area contributed by atoms with Crippen molar-refractivity contribution in [1.29, 1.82) is 0 Å². The van der Waals surface area contributed by atoms with Crippen molar-refractivity contribution in [3.05, 3.63) is 38.7 Å². The summed E-state index contributed by atoms with van der Waals surface area (Å²) in [6.45, 7) is 5.17. The van der Waals surface area contributed by atoms with Gasteiger partial charge < -0.3 is 14.6 Å². The summed E-state index contributed by atoms with van der Waals surface area (Å²) < 4.78 is 5.98. The summed E-state index contributed by atoms with van der Waals surface area (Å²) in [5, 5.41) is 3.56. The second kappa shape index (κ2) is 6.97. The van der Waals surface area contributed by atoms with Crippen molar-refractivity contribution >= 4 is 16.7 Å². The molecule has 0 atom stereocenters. The molecular formula is C23H31N2O2+. The highest BCUT2D eigenvalue weighted by Gasteiger charge is 2.28. The number of hydrogen-bond donors (Lipinski definition) is 1. The predicted molar refractivity (Wildman–Crippen MR) is 109 cm³/mol. The third-order valence-electron chi connectivity index (χ3n) is 7.08. The molecule has 3 heterocycles. The zero-order valence-corrected chi connectivity index (χ0v) is 16.5. The van der Waals surface area contributed by atoms with Crippen LogP contribution < -0.4 is 15.8 Å². The van der Waals surface area contributed by atoms with E-state index >= 15 is 0 Å². The van der Waals surface area contributed by atoms with E-state index in [1.807, 2.05) is 0 Å². The second-order valence-corrected chi connectivity index (χ2v) is 8.76. The van der Waals surface area contributed by atoms with Crippen LogP contribution in [0.3, 0.4) is 0 Å². The van der Waals surface area contributed by atoms with Gasteiger partial charge in [-0.1, -0.05) is 6.42 Å². The number of anilines is 1. The van der Waals surface area contributed by atoms with Crippen molar-refractivity contribution in [1.82, 2.24) is 0 Å². The quantitative estimate of drug-likeness (QED) is 0.848. The first-order valence-electron chi connectivity index (χ1n) is 10.9. The molecule has 1 fully saturated rings. The van der Waals surface area contributed by atoms with Crippen LogP contribution in [0.4, 0.5) is 5.69 Å². The van der Waals surface area contributed by atoms with Crippen LogP contribution in [0, 0.1) is 6.92 Å². The van der Waals surface area contributed by atoms with E-state index in [1.165, 1.54) is 60.7 Å². The van der Waals surface area contributed by atoms with Crippen LogP contribution in [0.5, 0.6) is 0 Å². The van der Waals surface area contributed by atoms with Crippen molar-refractivity contribution in [3.63, 3.8) is 0 Å². The van der Waals surface area contributed by atoms with E-state index in [4.69, 9.17) is 4.42 Å². The SMILES string of the molecule is Cc1c(C[NH2+]C2CCCCC2)c(=O)oc2c3c4c(cc12)CCCN4CCC3. The Morgan fingerprint density at radius 2 is 1.89 bits per heavy atom. The van der Waals surface area contributed by atoms with Gasteiger partial charge >= 0.3 is 5.63 Å². The fraction of sp³-hybridized carbons (Fsp3) is 0.609. The first-order chi connectivity index (χ1) is 13.2. The summed E-state index contributed by atoms with van der Waals surface area (Å²) in [7, 11) is 0. The maximum Gasteiger partial charge on any atom is 0.345 e. The standard InChI is InChI=1S/C23H30N2O2/c1-15-19-13-16-7-5-11-25-12-6-10-18(21(16)25)22(19)27-23(26)20(15)14-24-17-8-3-2-4-9-17/h13,17,24H,2-12,14H2,1H3/p+1. The zero-order valence-electron chi connectivity index (χ0n) is 16.5. The van der Waals surface area contributed by atoms with Gasteiger partial charge in [0.1, 0.15) is 12.1 Å². The van der Waals surface area contributed by atoms with E-state index in [1.54, 1.807) is 0 Å². The Morgan fingerprint density at radius 1 is 1.11 bits per heavy atom. The lowest BCUT2D eigenvalue weighted by Crippen LogP contribution is -2.89. The molecule has 0 bridgehead atoms. The van der Waals surface area contributed by atoms with Gasteiger partial charge in [0.2, 0.25) is 0 Å². The average molecular weight is 368 g/mol. The van der Waals surface area contributed by atoms with Crippen molar-refractivity contribution in [2.24, 2.45) is 0 Å². The van der Waals surface area contributed by atoms with E-state index in [9.17, 15) is 4.79 Å². The van der Waals surface area contributed by atoms with Crippen LogP contribution in [0.2, 0.25) is 0 Å². The van der Waals surface area contributed by atoms with E-state index in [-0.39, 0.29) is 5.63 Å². The van der Waals surface area contributed by atoms with Gasteiger partial charge in [-0.2, -0.15) is 0 Å². The summed E-state index contributed by atoms with van der Waals surface area (Å²) in [5.74, 6) is 0. The number of fused-ring (bicyclic) bond motifs is 2. The number of benzene rings is 1. The van der Waals surface area contributed by atoms with E-state index < -0.39 is 0 Å². The molecule has 2 aliphatic heterocycles. The lowest BCUT2D eigenvalue weighted by atomic mass is 9.88. The first kappa shape index (κ1) is 17.3. The fourth-order valence-corrected chi connectivity index (χ4v) is 5.59. The smallest absolute Gasteiger partial charge is 0.345 e. The summed E-state index contributed by atoms with van der Waals surface area (Å²) in [4.78, 5) is 15.4. The van der Waals surface area contributed by atoms with Gasteiger partial charge in [-0.15, -0.1) is 0 Å². The molecule has 2 aromatic rings. The molecule has 0 amide bonds. The minimum absolute atomic E-state index is 0.115. The predicted octanol–water partition coefficient (Wildman–Crippen LogP) is 3.20. The average Bonchev–Trinajstić information content (AvgIpc) is 2.70. The van der Waals surface area contributed by atoms with Gasteiger partial charge in [-0.25, -0.2) is 4.79 Å². The highest BCUT2D eigenvalue weighted by molar-refractivity contribution is 5.91. The van der Waals surface area contributed by atoms with Gasteiger partial charge in [0.05, 0.1) is 11.6 Å². The minimum atomic E-state index is -0.115. The molecule has 4 heteroatoms. The molecule has 4 nitrogen and oxygen atoms in total. The Morgan fingerprint density at radius 3 is 2.70 bits per heavy atom. The second-order valence-electron chi connectivity index (χ2n) is 8.76. The third kappa shape index (κ3) is 2.98. The largest absolute Gasteiger partial charge is 0.422 e. The number of hydrogen-bond acceptors (Lipinski definition) is 3. The monoisotopic (exact) mass is 367 g/mol. The van der Waals surface area contributed by atoms with Crippen molar-refractivity contribution in [3.8, 4) is 0 Å². The molecule has 144 valence electrons. The Balaban J connectivity index is 1.56. The molecular weight excluding hydrogens is 336 g/mol. The summed E-state index contributed by atoms with van der Waals surface area (Å²) >= 11 is 0. The topological polar surface area (TPSA) is 50.1 Å². The van der Waals surface area contributed by atoms with Crippen LogP contribution in [0.15, 0.2) is 15.3 Å². The number of quaternary nitrogens is 1. The summed E-state index contributed by atoms with van der Waals surface area (Å²) in [6, 6.07) is 3.00. The minimum Gasteiger partial charge on any atom is -0.422 e. The Labute approximate surface area is 160 Å². The summed E-state index contributed by atoms with van der Waals surface area (Å²) in [5.41, 5.74) is 6.90. The zero-order chi connectivity index (χ0) is 18.4. The Kier molecular flexibility index (Phi) is 4.47. The van der Waals surface area contributed by atoms with Crippen molar-refractivity contribution in [2.75, 3.05) is 18.0 Å². The van der Waals surface area contributed by atoms with Gasteiger partial charge in [0.25, 0.3) is 0 Å². The maximum absolute atomic E-state index is 12.9. The molecule has 0 radical (unpaired) electrons. The third-order valence-corrected chi connectivity index (χ3v) is 7.08. The van der Waals surface area contributed by atoms with E-state index in [0.29, 0.717) is 6.04 Å². The molecule has 3 aliphatic rings. The summed E-state index contributed by atoms with van der Waals surface area (Å²) in [6.07, 6.45) is 11.2. The number of aryl methyl sites for hydroxylation is 3. The van der Waals surface area contributed by atoms with Crippen LogP contribution in [-0.2, 0) is 19.4 Å². The molecule has 1 aliphatic carbocycles. The fourth-order valence-electron chi connectivity index (χ4n) is 5.59. The normalized spacial score (nSPS) is 20.1. The molecule has 1 aromatic carbocycles. The lowest BCUT2D eigenvalue weighted by molar-refractivity contribution is -0.707. The highest BCUT2D eigenvalue weighted by Crippen LogP contribution is 2.40. The molecule has 1 aromatic heterocycles. The molecule has 5 rings (SSSR count). The Hall–Kier alpha value is -1.81. The number of nitrogens with two attached hydrogens (primary N) is 1. The lowest BCUT2D eigenvalue weighted by Gasteiger charge is -2.37. The molecule has 0 saturated heterocycles. The van der Waals surface area contributed by atoms with E-state index in [0.717, 1.165) is 55.6 Å². The molecule has 1 saturated carbocycles. The van der Waals surface area contributed by atoms with Gasteiger partial charge in [0.15, 0.2) is 0 Å². The Bertz CT molecular complexity index is 922. The molecule has 2 N–H and O–H groups in total. The van der Waals surface area contributed by atoms with E-state index in [2.05, 4.69) is 23.2 Å². The van der Waals surface area contributed by atoms with Crippen molar-refractivity contribution < 1.29 is 9.73 Å². The number of rotatable bonds is 3. The molecule has 0 spiro atoms. The van der Waals surface area contributed by atoms with Gasteiger partial charge in [0, 0.05) is 29.7 Å². The van der Waals surface area contributed by atoms with Gasteiger partial charge in [-0.3, -0.25) is 0 Å². The highest BCUT2D eigenvalue weighted by atomic mass is 16.4. The number of nitrogens with zero attached hydrogens (tertiary/aromatic N) is 1. The van der Waals surface area contributed by atoms with Crippen LogP contribution in [0.1, 0.15) is 67.2 Å². The first-order valence-corrected chi connectivity index (χ1v) is 10.9. The van der Waals surface area contributed by atoms with Crippen LogP contribution in [-0.4, -0.2) is 19.1 Å².